The maximum atomic E-state index is 2.38. The van der Waals surface area contributed by atoms with Gasteiger partial charge in [-0.05, 0) is 19.6 Å². The SMILES string of the molecule is CCCCB(CCCC)CCCC.CCN(CC)CC.Cl. The van der Waals surface area contributed by atoms with Crippen molar-refractivity contribution in [3.8, 4) is 0 Å². The molecule has 0 saturated carbocycles. The van der Waals surface area contributed by atoms with Gasteiger partial charge in [0.2, 0.25) is 0 Å². The first kappa shape index (κ1) is 26.2. The lowest BCUT2D eigenvalue weighted by molar-refractivity contribution is 0.321. The Hall–Kier alpha value is 0.315. The van der Waals surface area contributed by atoms with Gasteiger partial charge in [0.25, 0.3) is 0 Å². The average Bonchev–Trinajstić information content (AvgIpc) is 2.49. The molecule has 3 heteroatoms. The Morgan fingerprint density at radius 2 is 0.857 bits per heavy atom. The van der Waals surface area contributed by atoms with Crippen LogP contribution in [0.2, 0.25) is 19.0 Å². The van der Waals surface area contributed by atoms with E-state index in [9.17, 15) is 0 Å². The van der Waals surface area contributed by atoms with Gasteiger partial charge in [-0.3, -0.25) is 0 Å². The van der Waals surface area contributed by atoms with Crippen LogP contribution in [0.5, 0.6) is 0 Å². The van der Waals surface area contributed by atoms with Gasteiger partial charge in [-0.25, -0.2) is 0 Å². The number of unbranched alkanes of at least 4 members (excludes halogenated alkanes) is 3. The summed E-state index contributed by atoms with van der Waals surface area (Å²) in [5.41, 5.74) is 0. The molecule has 0 aromatic heterocycles. The van der Waals surface area contributed by atoms with E-state index < -0.39 is 0 Å². The molecule has 0 amide bonds. The smallest absolute Gasteiger partial charge is 0.139 e. The molecule has 0 aromatic rings. The Bertz CT molecular complexity index is 139. The van der Waals surface area contributed by atoms with Crippen molar-refractivity contribution in [3.63, 3.8) is 0 Å². The molecule has 0 atom stereocenters. The van der Waals surface area contributed by atoms with E-state index in [1.54, 1.807) is 0 Å². The Balaban J connectivity index is -0.000000347. The van der Waals surface area contributed by atoms with Gasteiger partial charge < -0.3 is 4.90 Å². The molecule has 0 fully saturated rings. The quantitative estimate of drug-likeness (QED) is 0.364. The number of halogens is 1. The minimum Gasteiger partial charge on any atom is -0.304 e. The molecule has 0 aliphatic heterocycles. The minimum absolute atomic E-state index is 0. The molecule has 0 aromatic carbocycles. The van der Waals surface area contributed by atoms with E-state index in [1.807, 2.05) is 0 Å². The Kier molecular flexibility index (Phi) is 28.2. The molecule has 0 aliphatic rings. The highest BCUT2D eigenvalue weighted by Gasteiger charge is 2.10. The molecule has 1 nitrogen and oxygen atoms in total. The van der Waals surface area contributed by atoms with Crippen LogP contribution in [0.25, 0.3) is 0 Å². The Morgan fingerprint density at radius 3 is 1.00 bits per heavy atom. The van der Waals surface area contributed by atoms with E-state index in [1.165, 1.54) is 77.1 Å². The third kappa shape index (κ3) is 20.3. The molecular formula is C18H43BClN. The zero-order valence-electron chi connectivity index (χ0n) is 15.9. The van der Waals surface area contributed by atoms with Crippen LogP contribution >= 0.6 is 12.4 Å². The summed E-state index contributed by atoms with van der Waals surface area (Å²) < 4.78 is 0. The second kappa shape index (κ2) is 22.6. The first-order valence-electron chi connectivity index (χ1n) is 9.42. The number of hydrogen-bond acceptors (Lipinski definition) is 1. The van der Waals surface area contributed by atoms with E-state index in [4.69, 9.17) is 0 Å². The lowest BCUT2D eigenvalue weighted by Crippen LogP contribution is -2.21. The summed E-state index contributed by atoms with van der Waals surface area (Å²) in [6.45, 7) is 18.1. The molecule has 130 valence electrons. The largest absolute Gasteiger partial charge is 0.304 e. The maximum absolute atomic E-state index is 2.38. The fourth-order valence-electron chi connectivity index (χ4n) is 2.58. The van der Waals surface area contributed by atoms with Crippen LogP contribution in [0.4, 0.5) is 0 Å². The highest BCUT2D eigenvalue weighted by atomic mass is 35.5. The van der Waals surface area contributed by atoms with Gasteiger partial charge in [0.1, 0.15) is 6.71 Å². The summed E-state index contributed by atoms with van der Waals surface area (Å²) in [7, 11) is 0. The zero-order valence-corrected chi connectivity index (χ0v) is 16.7. The predicted octanol–water partition coefficient (Wildman–Crippen LogP) is 6.65. The summed E-state index contributed by atoms with van der Waals surface area (Å²) in [6, 6.07) is 0. The lowest BCUT2D eigenvalue weighted by Gasteiger charge is -2.13. The normalized spacial score (nSPS) is 9.86. The van der Waals surface area contributed by atoms with Crippen molar-refractivity contribution in [2.75, 3.05) is 19.6 Å². The van der Waals surface area contributed by atoms with E-state index in [2.05, 4.69) is 46.4 Å². The van der Waals surface area contributed by atoms with Gasteiger partial charge in [-0.15, -0.1) is 12.4 Å². The van der Waals surface area contributed by atoms with Crippen molar-refractivity contribution in [2.45, 2.75) is 99.0 Å². The molecule has 0 heterocycles. The summed E-state index contributed by atoms with van der Waals surface area (Å²) in [5, 5.41) is 0. The molecule has 0 bridgehead atoms. The van der Waals surface area contributed by atoms with Gasteiger partial charge in [0.15, 0.2) is 0 Å². The topological polar surface area (TPSA) is 3.24 Å². The van der Waals surface area contributed by atoms with Crippen LogP contribution in [0.15, 0.2) is 0 Å². The lowest BCUT2D eigenvalue weighted by atomic mass is 9.41. The number of nitrogens with zero attached hydrogens (tertiary/aromatic N) is 1. The third-order valence-electron chi connectivity index (χ3n) is 4.24. The standard InChI is InChI=1S/C12H27B.C6H15N.ClH/c1-4-7-10-13(11-8-5-2)12-9-6-3;1-4-7(5-2)6-3;/h4-12H2,1-3H3;4-6H2,1-3H3;1H. The molecule has 0 N–H and O–H groups in total. The third-order valence-corrected chi connectivity index (χ3v) is 4.24. The molecule has 0 radical (unpaired) electrons. The molecular weight excluding hydrogens is 276 g/mol. The van der Waals surface area contributed by atoms with Crippen molar-refractivity contribution < 1.29 is 0 Å². The van der Waals surface area contributed by atoms with Gasteiger partial charge in [-0.2, -0.15) is 0 Å². The van der Waals surface area contributed by atoms with Crippen molar-refractivity contribution in [3.05, 3.63) is 0 Å². The predicted molar refractivity (Wildman–Crippen MR) is 106 cm³/mol. The highest BCUT2D eigenvalue weighted by Crippen LogP contribution is 2.16. The van der Waals surface area contributed by atoms with Gasteiger partial charge in [-0.1, -0.05) is 99.0 Å². The molecule has 0 spiro atoms. The van der Waals surface area contributed by atoms with Crippen LogP contribution < -0.4 is 0 Å². The fourth-order valence-corrected chi connectivity index (χ4v) is 2.58. The Labute approximate surface area is 143 Å². The van der Waals surface area contributed by atoms with Crippen molar-refractivity contribution >= 4 is 19.1 Å². The summed E-state index contributed by atoms with van der Waals surface area (Å²) >= 11 is 0. The van der Waals surface area contributed by atoms with E-state index in [0.29, 0.717) is 0 Å². The Morgan fingerprint density at radius 1 is 0.571 bits per heavy atom. The van der Waals surface area contributed by atoms with Crippen LogP contribution in [0.1, 0.15) is 80.1 Å². The molecule has 21 heavy (non-hydrogen) atoms. The van der Waals surface area contributed by atoms with E-state index >= 15 is 0 Å². The van der Waals surface area contributed by atoms with E-state index in [0.717, 1.165) is 6.71 Å². The second-order valence-corrected chi connectivity index (χ2v) is 5.91. The minimum atomic E-state index is 0. The van der Waals surface area contributed by atoms with Crippen LogP contribution in [0.3, 0.4) is 0 Å². The summed E-state index contributed by atoms with van der Waals surface area (Å²) in [4.78, 5) is 2.38. The monoisotopic (exact) mass is 319 g/mol. The average molecular weight is 320 g/mol. The van der Waals surface area contributed by atoms with Crippen LogP contribution in [0, 0.1) is 0 Å². The first-order chi connectivity index (χ1) is 9.69. The van der Waals surface area contributed by atoms with Gasteiger partial charge in [0.05, 0.1) is 0 Å². The van der Waals surface area contributed by atoms with E-state index in [-0.39, 0.29) is 12.4 Å². The summed E-state index contributed by atoms with van der Waals surface area (Å²) in [5.74, 6) is 0. The van der Waals surface area contributed by atoms with Crippen LogP contribution in [-0.2, 0) is 0 Å². The van der Waals surface area contributed by atoms with Crippen molar-refractivity contribution in [1.82, 2.24) is 4.90 Å². The summed E-state index contributed by atoms with van der Waals surface area (Å²) in [6.07, 6.45) is 12.9. The number of hydrogen-bond donors (Lipinski definition) is 0. The fraction of sp³-hybridized carbons (Fsp3) is 1.00. The van der Waals surface area contributed by atoms with Crippen LogP contribution in [-0.4, -0.2) is 31.2 Å². The van der Waals surface area contributed by atoms with Gasteiger partial charge >= 0.3 is 0 Å². The van der Waals surface area contributed by atoms with Crippen molar-refractivity contribution in [1.29, 1.82) is 0 Å². The first-order valence-corrected chi connectivity index (χ1v) is 9.42. The molecule has 0 saturated heterocycles. The highest BCUT2D eigenvalue weighted by molar-refractivity contribution is 6.58. The van der Waals surface area contributed by atoms with Crippen molar-refractivity contribution in [2.24, 2.45) is 0 Å². The molecule has 0 aliphatic carbocycles. The zero-order chi connectivity index (χ0) is 15.6. The number of rotatable bonds is 12. The maximum Gasteiger partial charge on any atom is 0.139 e. The van der Waals surface area contributed by atoms with Gasteiger partial charge in [0, 0.05) is 0 Å². The molecule has 0 rings (SSSR count). The molecule has 0 unspecified atom stereocenters. The second-order valence-electron chi connectivity index (χ2n) is 5.91.